The molecule has 2 N–H and O–H groups in total. The average Bonchev–Trinajstić information content (AvgIpc) is 2.87. The summed E-state index contributed by atoms with van der Waals surface area (Å²) in [5.74, 6) is -0.0511. The summed E-state index contributed by atoms with van der Waals surface area (Å²) < 4.78 is 0. The van der Waals surface area contributed by atoms with Gasteiger partial charge in [0.15, 0.2) is 0 Å². The summed E-state index contributed by atoms with van der Waals surface area (Å²) in [6.45, 7) is 3.31. The van der Waals surface area contributed by atoms with E-state index in [1.54, 1.807) is 5.48 Å². The Balaban J connectivity index is 1.39. The smallest absolute Gasteiger partial charge is 0.243 e. The van der Waals surface area contributed by atoms with Gasteiger partial charge in [-0.25, -0.2) is 5.48 Å². The zero-order valence-electron chi connectivity index (χ0n) is 19.5. The Morgan fingerprint density at radius 1 is 0.727 bits per heavy atom. The molecule has 3 rings (SSSR count). The summed E-state index contributed by atoms with van der Waals surface area (Å²) in [4.78, 5) is 28.2. The number of hydrogen-bond acceptors (Lipinski definition) is 4. The molecular formula is C27H37N3O3. The number of carbonyl (C=O) groups excluding carboxylic acids is 2. The van der Waals surface area contributed by atoms with Crippen LogP contribution in [0.25, 0.3) is 0 Å². The first-order valence-electron chi connectivity index (χ1n) is 12.2. The van der Waals surface area contributed by atoms with Gasteiger partial charge in [0.1, 0.15) is 0 Å². The number of piperazine rings is 1. The van der Waals surface area contributed by atoms with Crippen molar-refractivity contribution < 1.29 is 14.8 Å². The van der Waals surface area contributed by atoms with Crippen LogP contribution >= 0.6 is 0 Å². The van der Waals surface area contributed by atoms with Gasteiger partial charge >= 0.3 is 0 Å². The number of rotatable bonds is 12. The molecule has 0 bridgehead atoms. The van der Waals surface area contributed by atoms with Crippen LogP contribution in [0.1, 0.15) is 68.5 Å². The summed E-state index contributed by atoms with van der Waals surface area (Å²) in [7, 11) is 0. The van der Waals surface area contributed by atoms with Crippen LogP contribution in [-0.4, -0.2) is 53.0 Å². The third-order valence-electron chi connectivity index (χ3n) is 6.43. The van der Waals surface area contributed by atoms with Gasteiger partial charge in [0.25, 0.3) is 0 Å². The van der Waals surface area contributed by atoms with E-state index < -0.39 is 0 Å². The van der Waals surface area contributed by atoms with E-state index in [1.165, 1.54) is 11.1 Å². The summed E-state index contributed by atoms with van der Waals surface area (Å²) in [6, 6.07) is 21.5. The molecule has 0 spiro atoms. The van der Waals surface area contributed by atoms with Crippen molar-refractivity contribution in [1.29, 1.82) is 0 Å². The number of benzene rings is 2. The van der Waals surface area contributed by atoms with E-state index >= 15 is 0 Å². The molecular weight excluding hydrogens is 414 g/mol. The van der Waals surface area contributed by atoms with Crippen LogP contribution in [0.4, 0.5) is 0 Å². The second-order valence-electron chi connectivity index (χ2n) is 8.80. The maximum Gasteiger partial charge on any atom is 0.243 e. The third-order valence-corrected chi connectivity index (χ3v) is 6.43. The predicted molar refractivity (Wildman–Crippen MR) is 130 cm³/mol. The van der Waals surface area contributed by atoms with Crippen molar-refractivity contribution in [3.8, 4) is 0 Å². The molecule has 1 heterocycles. The van der Waals surface area contributed by atoms with Crippen LogP contribution in [0.2, 0.25) is 0 Å². The van der Waals surface area contributed by atoms with Crippen LogP contribution in [0.3, 0.4) is 0 Å². The van der Waals surface area contributed by atoms with Gasteiger partial charge in [-0.2, -0.15) is 0 Å². The lowest BCUT2D eigenvalue weighted by Gasteiger charge is -2.40. The van der Waals surface area contributed by atoms with Crippen molar-refractivity contribution in [3.63, 3.8) is 0 Å². The van der Waals surface area contributed by atoms with Crippen molar-refractivity contribution in [2.24, 2.45) is 0 Å². The fourth-order valence-electron chi connectivity index (χ4n) is 4.60. The number of hydroxylamine groups is 1. The van der Waals surface area contributed by atoms with E-state index in [-0.39, 0.29) is 17.9 Å². The van der Waals surface area contributed by atoms with Crippen molar-refractivity contribution in [3.05, 3.63) is 71.8 Å². The van der Waals surface area contributed by atoms with E-state index in [1.807, 2.05) is 4.90 Å². The minimum atomic E-state index is -0.320. The molecule has 0 saturated carbocycles. The lowest BCUT2D eigenvalue weighted by molar-refractivity contribution is -0.133. The normalized spacial score (nSPS) is 14.4. The molecule has 1 aliphatic heterocycles. The molecule has 0 atom stereocenters. The Hall–Kier alpha value is -2.70. The van der Waals surface area contributed by atoms with E-state index in [0.717, 1.165) is 64.7 Å². The maximum absolute atomic E-state index is 12.7. The van der Waals surface area contributed by atoms with Crippen LogP contribution in [0.5, 0.6) is 0 Å². The molecule has 6 nitrogen and oxygen atoms in total. The molecule has 0 aromatic heterocycles. The highest BCUT2D eigenvalue weighted by molar-refractivity contribution is 5.76. The average molecular weight is 452 g/mol. The second kappa shape index (κ2) is 13.8. The van der Waals surface area contributed by atoms with Crippen LogP contribution in [-0.2, 0) is 9.59 Å². The minimum Gasteiger partial charge on any atom is -0.340 e. The zero-order chi connectivity index (χ0) is 23.3. The molecule has 2 aromatic rings. The number of amides is 2. The van der Waals surface area contributed by atoms with Crippen molar-refractivity contribution in [1.82, 2.24) is 15.3 Å². The van der Waals surface area contributed by atoms with Crippen molar-refractivity contribution >= 4 is 11.8 Å². The van der Waals surface area contributed by atoms with Gasteiger partial charge in [0, 0.05) is 39.0 Å². The van der Waals surface area contributed by atoms with Gasteiger partial charge in [-0.15, -0.1) is 0 Å². The fraction of sp³-hybridized carbons (Fsp3) is 0.481. The van der Waals surface area contributed by atoms with Gasteiger partial charge in [-0.05, 0) is 24.0 Å². The maximum atomic E-state index is 12.7. The first-order chi connectivity index (χ1) is 16.2. The first-order valence-corrected chi connectivity index (χ1v) is 12.2. The van der Waals surface area contributed by atoms with Crippen molar-refractivity contribution in [2.75, 3.05) is 26.2 Å². The molecule has 33 heavy (non-hydrogen) atoms. The Bertz CT molecular complexity index is 797. The Kier molecular flexibility index (Phi) is 10.4. The third kappa shape index (κ3) is 7.98. The van der Waals surface area contributed by atoms with Gasteiger partial charge in [-0.1, -0.05) is 86.3 Å². The van der Waals surface area contributed by atoms with Crippen molar-refractivity contribution in [2.45, 2.75) is 57.4 Å². The SMILES string of the molecule is O=C(CCCCCCCCC(=O)N1CCN(C(c2ccccc2)c2ccccc2)CC1)NO. The highest BCUT2D eigenvalue weighted by atomic mass is 16.5. The van der Waals surface area contributed by atoms with Gasteiger partial charge in [0.05, 0.1) is 6.04 Å². The molecule has 0 aliphatic carbocycles. The topological polar surface area (TPSA) is 72.9 Å². The first kappa shape index (κ1) is 24.9. The lowest BCUT2D eigenvalue weighted by atomic mass is 9.96. The number of nitrogens with zero attached hydrogens (tertiary/aromatic N) is 2. The standard InChI is InChI=1S/C27H37N3O3/c31-25(28-33)17-11-3-1-2-4-12-18-26(32)29-19-21-30(22-20-29)27(23-13-7-5-8-14-23)24-15-9-6-10-16-24/h5-10,13-16,27,33H,1-4,11-12,17-22H2,(H,28,31). The molecule has 6 heteroatoms. The lowest BCUT2D eigenvalue weighted by Crippen LogP contribution is -2.49. The monoisotopic (exact) mass is 451 g/mol. The summed E-state index contributed by atoms with van der Waals surface area (Å²) in [5.41, 5.74) is 4.25. The number of hydrogen-bond donors (Lipinski definition) is 2. The highest BCUT2D eigenvalue weighted by Crippen LogP contribution is 2.29. The predicted octanol–water partition coefficient (Wildman–Crippen LogP) is 4.55. The molecule has 1 aliphatic rings. The summed E-state index contributed by atoms with van der Waals surface area (Å²) >= 11 is 0. The van der Waals surface area contributed by atoms with Crippen LogP contribution in [0.15, 0.2) is 60.7 Å². The number of carbonyl (C=O) groups is 2. The second-order valence-corrected chi connectivity index (χ2v) is 8.80. The molecule has 0 radical (unpaired) electrons. The molecule has 178 valence electrons. The Morgan fingerprint density at radius 2 is 1.21 bits per heavy atom. The van der Waals surface area contributed by atoms with E-state index in [2.05, 4.69) is 65.6 Å². The molecule has 1 saturated heterocycles. The number of unbranched alkanes of at least 4 members (excludes halogenated alkanes) is 5. The van der Waals surface area contributed by atoms with Gasteiger partial charge in [-0.3, -0.25) is 19.7 Å². The minimum absolute atomic E-state index is 0.216. The van der Waals surface area contributed by atoms with E-state index in [9.17, 15) is 9.59 Å². The van der Waals surface area contributed by atoms with Crippen LogP contribution < -0.4 is 5.48 Å². The Morgan fingerprint density at radius 3 is 1.73 bits per heavy atom. The summed E-state index contributed by atoms with van der Waals surface area (Å²) in [5, 5.41) is 8.47. The molecule has 0 unspecified atom stereocenters. The van der Waals surface area contributed by atoms with Gasteiger partial charge in [0.2, 0.25) is 11.8 Å². The zero-order valence-corrected chi connectivity index (χ0v) is 19.5. The molecule has 2 amide bonds. The molecule has 1 fully saturated rings. The van der Waals surface area contributed by atoms with Gasteiger partial charge < -0.3 is 4.90 Å². The van der Waals surface area contributed by atoms with E-state index in [4.69, 9.17) is 5.21 Å². The Labute approximate surface area is 197 Å². The largest absolute Gasteiger partial charge is 0.340 e. The van der Waals surface area contributed by atoms with E-state index in [0.29, 0.717) is 12.8 Å². The quantitative estimate of drug-likeness (QED) is 0.282. The summed E-state index contributed by atoms with van der Waals surface area (Å²) in [6.07, 6.45) is 6.87. The number of nitrogens with one attached hydrogen (secondary N) is 1. The highest BCUT2D eigenvalue weighted by Gasteiger charge is 2.27. The molecule has 2 aromatic carbocycles. The fourth-order valence-corrected chi connectivity index (χ4v) is 4.60. The van der Waals surface area contributed by atoms with Crippen LogP contribution in [0, 0.1) is 0 Å².